The van der Waals surface area contributed by atoms with E-state index in [-0.39, 0.29) is 15.8 Å². The van der Waals surface area contributed by atoms with E-state index in [2.05, 4.69) is 9.88 Å². The highest BCUT2D eigenvalue weighted by molar-refractivity contribution is 7.92. The molecule has 3 aromatic rings. The molecule has 0 aliphatic carbocycles. The summed E-state index contributed by atoms with van der Waals surface area (Å²) in [6.45, 7) is 0. The average Bonchev–Trinajstić information content (AvgIpc) is 3.03. The van der Waals surface area contributed by atoms with Crippen molar-refractivity contribution < 1.29 is 17.7 Å². The molecule has 9 heteroatoms. The Morgan fingerprint density at radius 2 is 1.84 bits per heavy atom. The predicted molar refractivity (Wildman–Crippen MR) is 95.8 cm³/mol. The van der Waals surface area contributed by atoms with E-state index in [1.54, 1.807) is 24.3 Å². The third-order valence-corrected chi connectivity index (χ3v) is 5.26. The highest BCUT2D eigenvalue weighted by Gasteiger charge is 2.21. The molecule has 1 aromatic heterocycles. The summed E-state index contributed by atoms with van der Waals surface area (Å²) in [6, 6.07) is 11.0. The minimum Gasteiger partial charge on any atom is -0.495 e. The van der Waals surface area contributed by atoms with Gasteiger partial charge in [0.25, 0.3) is 10.0 Å². The van der Waals surface area contributed by atoms with E-state index in [0.29, 0.717) is 21.9 Å². The van der Waals surface area contributed by atoms with Crippen LogP contribution in [0.3, 0.4) is 0 Å². The molecule has 25 heavy (non-hydrogen) atoms. The zero-order chi connectivity index (χ0) is 18.0. The molecule has 0 atom stereocenters. The monoisotopic (exact) mass is 398 g/mol. The number of rotatable bonds is 5. The van der Waals surface area contributed by atoms with Gasteiger partial charge in [-0.15, -0.1) is 0 Å². The third-order valence-electron chi connectivity index (χ3n) is 3.39. The Kier molecular flexibility index (Phi) is 4.89. The number of benzene rings is 2. The van der Waals surface area contributed by atoms with Gasteiger partial charge in [0.05, 0.1) is 28.8 Å². The predicted octanol–water partition coefficient (Wildman–Crippen LogP) is 4.46. The molecule has 0 aliphatic rings. The Bertz CT molecular complexity index is 1000. The molecule has 0 spiro atoms. The normalized spacial score (nSPS) is 11.3. The van der Waals surface area contributed by atoms with Gasteiger partial charge in [-0.1, -0.05) is 40.5 Å². The van der Waals surface area contributed by atoms with Gasteiger partial charge in [0, 0.05) is 5.02 Å². The molecular weight excluding hydrogens is 387 g/mol. The first-order chi connectivity index (χ1) is 11.9. The average molecular weight is 399 g/mol. The molecule has 1 N–H and O–H groups in total. The SMILES string of the molecule is COc1ccc(S(=O)(=O)Nc2oncc2-c2ccc(Cl)cc2)cc1Cl. The molecule has 130 valence electrons. The molecule has 2 aromatic carbocycles. The van der Waals surface area contributed by atoms with Crippen LogP contribution in [0, 0.1) is 0 Å². The summed E-state index contributed by atoms with van der Waals surface area (Å²) in [5.41, 5.74) is 1.19. The molecule has 1 heterocycles. The van der Waals surface area contributed by atoms with Crippen molar-refractivity contribution in [3.8, 4) is 16.9 Å². The summed E-state index contributed by atoms with van der Waals surface area (Å²) >= 11 is 11.9. The van der Waals surface area contributed by atoms with Crippen molar-refractivity contribution in [1.82, 2.24) is 5.16 Å². The van der Waals surface area contributed by atoms with E-state index >= 15 is 0 Å². The Hall–Kier alpha value is -2.22. The summed E-state index contributed by atoms with van der Waals surface area (Å²) in [5, 5.41) is 4.41. The first-order valence-electron chi connectivity index (χ1n) is 6.97. The van der Waals surface area contributed by atoms with Gasteiger partial charge < -0.3 is 9.26 Å². The minimum atomic E-state index is -3.92. The Morgan fingerprint density at radius 3 is 2.48 bits per heavy atom. The molecule has 0 amide bonds. The lowest BCUT2D eigenvalue weighted by Crippen LogP contribution is -2.13. The number of nitrogens with zero attached hydrogens (tertiary/aromatic N) is 1. The molecule has 3 rings (SSSR count). The molecule has 0 radical (unpaired) electrons. The van der Waals surface area contributed by atoms with E-state index in [9.17, 15) is 8.42 Å². The zero-order valence-corrected chi connectivity index (χ0v) is 15.2. The number of hydrogen-bond donors (Lipinski definition) is 1. The maximum absolute atomic E-state index is 12.6. The van der Waals surface area contributed by atoms with Crippen LogP contribution in [0.4, 0.5) is 5.88 Å². The smallest absolute Gasteiger partial charge is 0.264 e. The minimum absolute atomic E-state index is 0.00531. The van der Waals surface area contributed by atoms with Gasteiger partial charge in [0.15, 0.2) is 0 Å². The highest BCUT2D eigenvalue weighted by atomic mass is 35.5. The highest BCUT2D eigenvalue weighted by Crippen LogP contribution is 2.32. The Morgan fingerprint density at radius 1 is 1.12 bits per heavy atom. The molecule has 0 fully saturated rings. The Labute approximate surface area is 154 Å². The van der Waals surface area contributed by atoms with Crippen LogP contribution in [0.1, 0.15) is 0 Å². The molecule has 0 aliphatic heterocycles. The number of sulfonamides is 1. The summed E-state index contributed by atoms with van der Waals surface area (Å²) in [4.78, 5) is -0.0308. The maximum atomic E-state index is 12.6. The van der Waals surface area contributed by atoms with E-state index in [1.807, 2.05) is 0 Å². The number of nitrogens with one attached hydrogen (secondary N) is 1. The summed E-state index contributed by atoms with van der Waals surface area (Å²) in [5.74, 6) is 0.372. The molecular formula is C16H12Cl2N2O4S. The quantitative estimate of drug-likeness (QED) is 0.685. The number of hydrogen-bond acceptors (Lipinski definition) is 5. The number of halogens is 2. The summed E-state index contributed by atoms with van der Waals surface area (Å²) in [6.07, 6.45) is 1.42. The van der Waals surface area contributed by atoms with E-state index in [0.717, 1.165) is 0 Å². The van der Waals surface area contributed by atoms with E-state index in [4.69, 9.17) is 32.5 Å². The first kappa shape index (κ1) is 17.6. The van der Waals surface area contributed by atoms with Crippen LogP contribution >= 0.6 is 23.2 Å². The van der Waals surface area contributed by atoms with E-state index in [1.165, 1.54) is 31.5 Å². The number of ether oxygens (including phenoxy) is 1. The fourth-order valence-corrected chi connectivity index (χ4v) is 3.62. The van der Waals surface area contributed by atoms with Crippen molar-refractivity contribution in [2.24, 2.45) is 0 Å². The molecule has 0 bridgehead atoms. The van der Waals surface area contributed by atoms with Crippen LogP contribution < -0.4 is 9.46 Å². The van der Waals surface area contributed by atoms with Gasteiger partial charge in [-0.3, -0.25) is 0 Å². The summed E-state index contributed by atoms with van der Waals surface area (Å²) < 4.78 is 37.6. The van der Waals surface area contributed by atoms with Gasteiger partial charge in [-0.25, -0.2) is 13.1 Å². The number of aromatic nitrogens is 1. The van der Waals surface area contributed by atoms with Crippen molar-refractivity contribution in [2.45, 2.75) is 4.90 Å². The number of anilines is 1. The largest absolute Gasteiger partial charge is 0.495 e. The standard InChI is InChI=1S/C16H12Cl2N2O4S/c1-23-15-7-6-12(8-14(15)18)25(21,22)20-16-13(9-19-24-16)10-2-4-11(17)5-3-10/h2-9,20H,1H3. The zero-order valence-electron chi connectivity index (χ0n) is 12.9. The van der Waals surface area contributed by atoms with Crippen LogP contribution in [0.25, 0.3) is 11.1 Å². The van der Waals surface area contributed by atoms with Crippen molar-refractivity contribution >= 4 is 39.1 Å². The second-order valence-electron chi connectivity index (χ2n) is 4.98. The lowest BCUT2D eigenvalue weighted by atomic mass is 10.1. The lowest BCUT2D eigenvalue weighted by molar-refractivity contribution is 0.414. The van der Waals surface area contributed by atoms with Crippen LogP contribution in [-0.2, 0) is 10.0 Å². The van der Waals surface area contributed by atoms with Gasteiger partial charge in [-0.05, 0) is 35.9 Å². The molecule has 6 nitrogen and oxygen atoms in total. The number of methoxy groups -OCH3 is 1. The fraction of sp³-hybridized carbons (Fsp3) is 0.0625. The van der Waals surface area contributed by atoms with Crippen LogP contribution in [0.2, 0.25) is 10.0 Å². The van der Waals surface area contributed by atoms with Crippen molar-refractivity contribution in [3.63, 3.8) is 0 Å². The second kappa shape index (κ2) is 6.95. The van der Waals surface area contributed by atoms with Crippen molar-refractivity contribution in [1.29, 1.82) is 0 Å². The lowest BCUT2D eigenvalue weighted by Gasteiger charge is -2.09. The summed E-state index contributed by atoms with van der Waals surface area (Å²) in [7, 11) is -2.47. The van der Waals surface area contributed by atoms with Crippen LogP contribution in [-0.4, -0.2) is 20.7 Å². The van der Waals surface area contributed by atoms with Crippen LogP contribution in [0.15, 0.2) is 58.1 Å². The molecule has 0 saturated heterocycles. The second-order valence-corrected chi connectivity index (χ2v) is 7.50. The topological polar surface area (TPSA) is 81.4 Å². The molecule has 0 unspecified atom stereocenters. The van der Waals surface area contributed by atoms with Crippen LogP contribution in [0.5, 0.6) is 5.75 Å². The fourth-order valence-electron chi connectivity index (χ4n) is 2.14. The Balaban J connectivity index is 1.93. The van der Waals surface area contributed by atoms with Gasteiger partial charge in [0.1, 0.15) is 5.75 Å². The van der Waals surface area contributed by atoms with Crippen molar-refractivity contribution in [3.05, 3.63) is 58.7 Å². The third kappa shape index (κ3) is 3.73. The first-order valence-corrected chi connectivity index (χ1v) is 9.21. The van der Waals surface area contributed by atoms with Crippen molar-refractivity contribution in [2.75, 3.05) is 11.8 Å². The molecule has 0 saturated carbocycles. The van der Waals surface area contributed by atoms with Gasteiger partial charge >= 0.3 is 0 Å². The van der Waals surface area contributed by atoms with E-state index < -0.39 is 10.0 Å². The maximum Gasteiger partial charge on any atom is 0.264 e. The van der Waals surface area contributed by atoms with Gasteiger partial charge in [0.2, 0.25) is 5.88 Å². The van der Waals surface area contributed by atoms with Gasteiger partial charge in [-0.2, -0.15) is 0 Å².